The van der Waals surface area contributed by atoms with Crippen molar-refractivity contribution < 1.29 is 52.5 Å². The number of hydrogen-bond acceptors (Lipinski definition) is 11. The topological polar surface area (TPSA) is 120 Å². The van der Waals surface area contributed by atoms with Gasteiger partial charge in [-0.1, -0.05) is 107 Å². The molecule has 8 bridgehead atoms. The van der Waals surface area contributed by atoms with E-state index in [9.17, 15) is 9.90 Å². The number of aliphatic hydroxyl groups is 1. The van der Waals surface area contributed by atoms with E-state index in [1.54, 1.807) is 6.08 Å². The number of cyclic esters (lactones) is 1. The summed E-state index contributed by atoms with van der Waals surface area (Å²) in [5, 5.41) is 11.6. The first-order chi connectivity index (χ1) is 29.6. The number of aliphatic hydroxyl groups excluding tert-OH is 1. The SMILES string of the molecule is CC(C)[C@@H]1OC(=O)/C=C/C=C/C=C/C=C/C=C/C=C/C[C@@H]2OC(C)(C)O[C@H](C[C@H]3C[C@@H](C[C@@H](O)C[C@H]4C[C@H](C[C@@H]5C[C@H](/C=C/[C@@H]1C)OC(C)(C)O5)OC(C)(C)O4)OC(C)(C)O3)[C@H]2C. The van der Waals surface area contributed by atoms with Gasteiger partial charge in [0, 0.05) is 50.0 Å². The molecule has 0 saturated carbocycles. The molecule has 0 aromatic rings. The molecule has 11 heteroatoms. The molecule has 5 rings (SSSR count). The van der Waals surface area contributed by atoms with Gasteiger partial charge in [-0.25, -0.2) is 4.79 Å². The summed E-state index contributed by atoms with van der Waals surface area (Å²) >= 11 is 0. The van der Waals surface area contributed by atoms with Gasteiger partial charge in [0.05, 0.1) is 54.9 Å². The van der Waals surface area contributed by atoms with E-state index in [-0.39, 0.29) is 78.7 Å². The van der Waals surface area contributed by atoms with Crippen LogP contribution in [-0.4, -0.2) is 95.3 Å². The standard InChI is InChI=1S/C52H80O11/c1-35(2)48-36(3)26-27-39-30-42(59-49(5,6)56-39)33-43-31-40(57-50(7,8)60-43)28-38(53)29-41-32-44(61-51(9,10)58-41)34-46-37(4)45(62-52(11,12)63-46)24-22-20-18-16-14-13-15-17-19-21-23-25-47(54)55-48/h13-23,25-27,35-46,48,53H,24,28-34H2,1-12H3/b14-13+,17-15+,18-16+,21-19+,22-20+,25-23+,27-26+/t36-,37-,38-,39-,40-,41+,42-,43+,44+,45-,46+,48-/m0/s1. The van der Waals surface area contributed by atoms with Crippen LogP contribution in [0.1, 0.15) is 134 Å². The molecule has 0 radical (unpaired) electrons. The normalized spacial score (nSPS) is 41.8. The van der Waals surface area contributed by atoms with Crippen molar-refractivity contribution in [2.75, 3.05) is 0 Å². The van der Waals surface area contributed by atoms with Gasteiger partial charge >= 0.3 is 5.97 Å². The smallest absolute Gasteiger partial charge is 0.331 e. The first-order valence-corrected chi connectivity index (χ1v) is 23.6. The van der Waals surface area contributed by atoms with E-state index >= 15 is 0 Å². The Balaban J connectivity index is 1.32. The molecule has 0 amide bonds. The number of allylic oxidation sites excluding steroid dienone is 10. The fourth-order valence-corrected chi connectivity index (χ4v) is 9.79. The summed E-state index contributed by atoms with van der Waals surface area (Å²) in [4.78, 5) is 12.9. The Bertz CT molecular complexity index is 1670. The van der Waals surface area contributed by atoms with Gasteiger partial charge in [-0.2, -0.15) is 0 Å². The number of rotatable bonds is 1. The van der Waals surface area contributed by atoms with Crippen LogP contribution in [0.15, 0.2) is 85.1 Å². The lowest BCUT2D eigenvalue weighted by molar-refractivity contribution is -0.337. The molecule has 0 aliphatic carbocycles. The molecule has 1 N–H and O–H groups in total. The van der Waals surface area contributed by atoms with Crippen LogP contribution in [0, 0.1) is 17.8 Å². The van der Waals surface area contributed by atoms with Gasteiger partial charge < -0.3 is 47.7 Å². The molecule has 5 aliphatic heterocycles. The average Bonchev–Trinajstić information content (AvgIpc) is 3.13. The fourth-order valence-electron chi connectivity index (χ4n) is 9.79. The van der Waals surface area contributed by atoms with Crippen molar-refractivity contribution in [3.63, 3.8) is 0 Å². The molecule has 11 nitrogen and oxygen atoms in total. The minimum atomic E-state index is -0.832. The highest BCUT2D eigenvalue weighted by molar-refractivity contribution is 5.82. The highest BCUT2D eigenvalue weighted by Gasteiger charge is 2.45. The fraction of sp³-hybridized carbons (Fsp3) is 0.712. The van der Waals surface area contributed by atoms with Crippen molar-refractivity contribution in [2.24, 2.45) is 17.8 Å². The maximum atomic E-state index is 12.9. The van der Waals surface area contributed by atoms with Gasteiger partial charge in [0.2, 0.25) is 0 Å². The minimum Gasteiger partial charge on any atom is -0.458 e. The van der Waals surface area contributed by atoms with Crippen LogP contribution >= 0.6 is 0 Å². The van der Waals surface area contributed by atoms with Crippen LogP contribution in [0.25, 0.3) is 0 Å². The summed E-state index contributed by atoms with van der Waals surface area (Å²) in [5.74, 6) is -3.39. The molecule has 12 atom stereocenters. The molecule has 5 heterocycles. The van der Waals surface area contributed by atoms with Crippen molar-refractivity contribution in [1.29, 1.82) is 0 Å². The lowest BCUT2D eigenvalue weighted by Crippen LogP contribution is -2.53. The summed E-state index contributed by atoms with van der Waals surface area (Å²) in [5.41, 5.74) is 0. The molecular formula is C52H80O11. The third kappa shape index (κ3) is 17.2. The Hall–Kier alpha value is -2.71. The maximum absolute atomic E-state index is 12.9. The van der Waals surface area contributed by atoms with Gasteiger partial charge in [-0.15, -0.1) is 0 Å². The Morgan fingerprint density at radius 2 is 0.952 bits per heavy atom. The molecule has 0 spiro atoms. The Morgan fingerprint density at radius 1 is 0.524 bits per heavy atom. The third-order valence-electron chi connectivity index (χ3n) is 12.2. The highest BCUT2D eigenvalue weighted by atomic mass is 16.7. The second-order valence-electron chi connectivity index (χ2n) is 20.4. The number of carbonyl (C=O) groups excluding carboxylic acids is 1. The van der Waals surface area contributed by atoms with Crippen molar-refractivity contribution in [2.45, 2.75) is 219 Å². The minimum absolute atomic E-state index is 0.0256. The summed E-state index contributed by atoms with van der Waals surface area (Å²) in [6, 6.07) is 0. The first-order valence-electron chi connectivity index (χ1n) is 23.6. The molecule has 4 saturated heterocycles. The van der Waals surface area contributed by atoms with Gasteiger partial charge in [-0.3, -0.25) is 0 Å². The number of carbonyl (C=O) groups is 1. The van der Waals surface area contributed by atoms with Gasteiger partial charge in [0.15, 0.2) is 23.1 Å². The van der Waals surface area contributed by atoms with Crippen molar-refractivity contribution in [3.05, 3.63) is 85.1 Å². The second-order valence-corrected chi connectivity index (χ2v) is 20.4. The van der Waals surface area contributed by atoms with Crippen molar-refractivity contribution in [1.82, 2.24) is 0 Å². The number of hydrogen-bond donors (Lipinski definition) is 1. The van der Waals surface area contributed by atoms with E-state index in [1.165, 1.54) is 6.08 Å². The predicted molar refractivity (Wildman–Crippen MR) is 245 cm³/mol. The van der Waals surface area contributed by atoms with E-state index in [1.807, 2.05) is 110 Å². The maximum Gasteiger partial charge on any atom is 0.331 e. The van der Waals surface area contributed by atoms with Gasteiger partial charge in [0.1, 0.15) is 6.10 Å². The van der Waals surface area contributed by atoms with E-state index in [4.69, 9.17) is 42.6 Å². The summed E-state index contributed by atoms with van der Waals surface area (Å²) in [7, 11) is 0. The van der Waals surface area contributed by atoms with E-state index in [2.05, 4.69) is 45.9 Å². The lowest BCUT2D eigenvalue weighted by atomic mass is 9.87. The molecular weight excluding hydrogens is 801 g/mol. The quantitative estimate of drug-likeness (QED) is 0.200. The van der Waals surface area contributed by atoms with E-state index < -0.39 is 29.3 Å². The molecule has 0 aromatic carbocycles. The first kappa shape index (κ1) is 51.3. The van der Waals surface area contributed by atoms with Crippen molar-refractivity contribution >= 4 is 5.97 Å². The molecule has 4 fully saturated rings. The molecule has 0 aromatic heterocycles. The zero-order chi connectivity index (χ0) is 46.0. The predicted octanol–water partition coefficient (Wildman–Crippen LogP) is 10.3. The molecule has 5 aliphatic rings. The van der Waals surface area contributed by atoms with Crippen LogP contribution < -0.4 is 0 Å². The van der Waals surface area contributed by atoms with Crippen molar-refractivity contribution in [3.8, 4) is 0 Å². The van der Waals surface area contributed by atoms with Crippen LogP contribution in [0.3, 0.4) is 0 Å². The van der Waals surface area contributed by atoms with Crippen LogP contribution in [-0.2, 0) is 47.4 Å². The van der Waals surface area contributed by atoms with Crippen LogP contribution in [0.4, 0.5) is 0 Å². The Labute approximate surface area is 378 Å². The summed E-state index contributed by atoms with van der Waals surface area (Å²) in [6.07, 6.45) is 29.8. The number of esters is 1. The lowest BCUT2D eigenvalue weighted by Gasteiger charge is -2.48. The highest BCUT2D eigenvalue weighted by Crippen LogP contribution is 2.40. The summed E-state index contributed by atoms with van der Waals surface area (Å²) < 4.78 is 57.6. The Morgan fingerprint density at radius 3 is 1.49 bits per heavy atom. The molecule has 354 valence electrons. The Kier molecular flexibility index (Phi) is 18.4. The zero-order valence-corrected chi connectivity index (χ0v) is 40.3. The molecule has 0 unspecified atom stereocenters. The average molecular weight is 881 g/mol. The zero-order valence-electron chi connectivity index (χ0n) is 40.3. The molecule has 63 heavy (non-hydrogen) atoms. The monoisotopic (exact) mass is 881 g/mol. The van der Waals surface area contributed by atoms with E-state index in [0.29, 0.717) is 44.9 Å². The largest absolute Gasteiger partial charge is 0.458 e. The number of fused-ring (bicyclic) bond motifs is 8. The van der Waals surface area contributed by atoms with Gasteiger partial charge in [-0.05, 0) is 80.6 Å². The van der Waals surface area contributed by atoms with Crippen LogP contribution in [0.5, 0.6) is 0 Å². The summed E-state index contributed by atoms with van der Waals surface area (Å²) in [6.45, 7) is 24.0. The van der Waals surface area contributed by atoms with Gasteiger partial charge in [0.25, 0.3) is 0 Å². The second kappa shape index (κ2) is 22.7. The number of ether oxygens (including phenoxy) is 9. The van der Waals surface area contributed by atoms with Crippen LogP contribution in [0.2, 0.25) is 0 Å². The van der Waals surface area contributed by atoms with E-state index in [0.717, 1.165) is 6.42 Å². The third-order valence-corrected chi connectivity index (χ3v) is 12.2.